The molecule has 0 spiro atoms. The zero-order valence-corrected chi connectivity index (χ0v) is 14.6. The first kappa shape index (κ1) is 17.1. The van der Waals surface area contributed by atoms with Crippen LogP contribution in [0.3, 0.4) is 0 Å². The Morgan fingerprint density at radius 3 is 2.67 bits per heavy atom. The zero-order chi connectivity index (χ0) is 16.9. The van der Waals surface area contributed by atoms with E-state index in [2.05, 4.69) is 11.4 Å². The number of fused-ring (bicyclic) bond motifs is 1. The summed E-state index contributed by atoms with van der Waals surface area (Å²) >= 11 is 1.68. The van der Waals surface area contributed by atoms with Crippen LogP contribution in [-0.2, 0) is 11.2 Å². The lowest BCUT2D eigenvalue weighted by Gasteiger charge is -2.29. The average Bonchev–Trinajstić information content (AvgIpc) is 2.65. The molecule has 4 heteroatoms. The van der Waals surface area contributed by atoms with Gasteiger partial charge in [-0.05, 0) is 28.9 Å². The zero-order valence-electron chi connectivity index (χ0n) is 13.8. The molecule has 24 heavy (non-hydrogen) atoms. The van der Waals surface area contributed by atoms with Gasteiger partial charge in [0, 0.05) is 5.92 Å². The maximum atomic E-state index is 12.8. The Morgan fingerprint density at radius 1 is 1.21 bits per heavy atom. The van der Waals surface area contributed by atoms with E-state index in [9.17, 15) is 9.90 Å². The van der Waals surface area contributed by atoms with Crippen LogP contribution in [0.15, 0.2) is 54.6 Å². The van der Waals surface area contributed by atoms with Gasteiger partial charge >= 0.3 is 0 Å². The van der Waals surface area contributed by atoms with Gasteiger partial charge in [0.1, 0.15) is 5.25 Å². The Morgan fingerprint density at radius 2 is 1.92 bits per heavy atom. The molecule has 2 aromatic carbocycles. The molecule has 0 fully saturated rings. The molecule has 0 radical (unpaired) electrons. The quantitative estimate of drug-likeness (QED) is 0.877. The molecular formula is C20H23NO2S. The third-order valence-electron chi connectivity index (χ3n) is 4.68. The van der Waals surface area contributed by atoms with Crippen LogP contribution >= 0.6 is 11.8 Å². The Balaban J connectivity index is 1.74. The lowest BCUT2D eigenvalue weighted by atomic mass is 9.93. The first-order valence-corrected chi connectivity index (χ1v) is 9.41. The fourth-order valence-electron chi connectivity index (χ4n) is 3.19. The summed E-state index contributed by atoms with van der Waals surface area (Å²) in [5, 5.41) is 12.7. The second-order valence-corrected chi connectivity index (χ2v) is 7.41. The fraction of sp³-hybridized carbons (Fsp3) is 0.350. The van der Waals surface area contributed by atoms with Gasteiger partial charge in [-0.3, -0.25) is 4.79 Å². The summed E-state index contributed by atoms with van der Waals surface area (Å²) in [6.07, 6.45) is 1.01. The number of hydrogen-bond acceptors (Lipinski definition) is 3. The molecule has 2 N–H and O–H groups in total. The van der Waals surface area contributed by atoms with Crippen LogP contribution in [0.5, 0.6) is 0 Å². The minimum Gasteiger partial charge on any atom is -0.394 e. The van der Waals surface area contributed by atoms with Gasteiger partial charge in [-0.15, -0.1) is 11.8 Å². The van der Waals surface area contributed by atoms with Crippen molar-refractivity contribution in [3.63, 3.8) is 0 Å². The first-order chi connectivity index (χ1) is 11.7. The molecule has 0 saturated carbocycles. The van der Waals surface area contributed by atoms with Crippen LogP contribution in [0.1, 0.15) is 34.8 Å². The number of amides is 1. The number of rotatable bonds is 5. The van der Waals surface area contributed by atoms with E-state index < -0.39 is 0 Å². The molecule has 3 nitrogen and oxygen atoms in total. The summed E-state index contributed by atoms with van der Waals surface area (Å²) in [6, 6.07) is 17.9. The molecule has 2 aromatic rings. The van der Waals surface area contributed by atoms with E-state index in [0.717, 1.165) is 23.3 Å². The van der Waals surface area contributed by atoms with Gasteiger partial charge in [0.2, 0.25) is 5.91 Å². The van der Waals surface area contributed by atoms with Crippen molar-refractivity contribution in [2.24, 2.45) is 0 Å². The third kappa shape index (κ3) is 3.65. The van der Waals surface area contributed by atoms with E-state index in [0.29, 0.717) is 0 Å². The van der Waals surface area contributed by atoms with Crippen molar-refractivity contribution in [2.75, 3.05) is 12.4 Å². The number of carbonyl (C=O) groups excluding carboxylic acids is 1. The number of aryl methyl sites for hydroxylation is 1. The lowest BCUT2D eigenvalue weighted by molar-refractivity contribution is -0.121. The molecule has 0 unspecified atom stereocenters. The molecule has 0 aromatic heterocycles. The maximum absolute atomic E-state index is 12.8. The van der Waals surface area contributed by atoms with E-state index in [-0.39, 0.29) is 29.7 Å². The predicted molar refractivity (Wildman–Crippen MR) is 99.2 cm³/mol. The number of thioether (sulfide) groups is 1. The lowest BCUT2D eigenvalue weighted by Crippen LogP contribution is -2.43. The molecule has 126 valence electrons. The van der Waals surface area contributed by atoms with Gasteiger partial charge in [-0.2, -0.15) is 0 Å². The SMILES string of the molecule is C[C@H](c1ccccc1)[C@@H](CO)NC(=O)[C@H]1SCCc2ccccc21. The molecule has 1 aliphatic heterocycles. The number of carbonyl (C=O) groups is 1. The third-order valence-corrected chi connectivity index (χ3v) is 5.93. The summed E-state index contributed by atoms with van der Waals surface area (Å²) in [7, 11) is 0. The minimum absolute atomic E-state index is 0.00557. The van der Waals surface area contributed by atoms with E-state index in [1.807, 2.05) is 55.5 Å². The van der Waals surface area contributed by atoms with Gasteiger partial charge in [0.25, 0.3) is 0 Å². The van der Waals surface area contributed by atoms with Crippen LogP contribution in [0.4, 0.5) is 0 Å². The largest absolute Gasteiger partial charge is 0.394 e. The molecule has 0 saturated heterocycles. The first-order valence-electron chi connectivity index (χ1n) is 8.36. The summed E-state index contributed by atoms with van der Waals surface area (Å²) < 4.78 is 0. The van der Waals surface area contributed by atoms with Crippen molar-refractivity contribution in [1.82, 2.24) is 5.32 Å². The Bertz CT molecular complexity index is 689. The standard InChI is InChI=1S/C20H23NO2S/c1-14(15-7-3-2-4-8-15)18(13-22)21-20(23)19-17-10-6-5-9-16(17)11-12-24-19/h2-10,14,18-19,22H,11-13H2,1H3,(H,21,23)/t14-,18-,19+/m1/s1. The number of aliphatic hydroxyl groups excluding tert-OH is 1. The topological polar surface area (TPSA) is 49.3 Å². The maximum Gasteiger partial charge on any atom is 0.237 e. The highest BCUT2D eigenvalue weighted by Crippen LogP contribution is 2.37. The van der Waals surface area contributed by atoms with Gasteiger partial charge in [-0.1, -0.05) is 61.5 Å². The second kappa shape index (κ2) is 7.86. The highest BCUT2D eigenvalue weighted by Gasteiger charge is 2.29. The van der Waals surface area contributed by atoms with Gasteiger partial charge in [0.15, 0.2) is 0 Å². The van der Waals surface area contributed by atoms with Crippen molar-refractivity contribution >= 4 is 17.7 Å². The van der Waals surface area contributed by atoms with Gasteiger partial charge < -0.3 is 10.4 Å². The summed E-state index contributed by atoms with van der Waals surface area (Å²) in [4.78, 5) is 12.8. The Hall–Kier alpha value is -1.78. The minimum atomic E-state index is -0.283. The van der Waals surface area contributed by atoms with Crippen molar-refractivity contribution in [3.8, 4) is 0 Å². The molecular weight excluding hydrogens is 318 g/mol. The van der Waals surface area contributed by atoms with E-state index >= 15 is 0 Å². The van der Waals surface area contributed by atoms with Crippen LogP contribution in [-0.4, -0.2) is 29.4 Å². The van der Waals surface area contributed by atoms with Crippen molar-refractivity contribution in [2.45, 2.75) is 30.6 Å². The van der Waals surface area contributed by atoms with E-state index in [1.54, 1.807) is 11.8 Å². The smallest absolute Gasteiger partial charge is 0.237 e. The normalized spacial score (nSPS) is 19.2. The summed E-state index contributed by atoms with van der Waals surface area (Å²) in [5.74, 6) is 1.01. The molecule has 3 rings (SSSR count). The number of benzene rings is 2. The fourth-order valence-corrected chi connectivity index (χ4v) is 4.39. The van der Waals surface area contributed by atoms with Gasteiger partial charge in [-0.25, -0.2) is 0 Å². The summed E-state index contributed by atoms with van der Waals surface area (Å²) in [5.41, 5.74) is 3.48. The number of hydrogen-bond donors (Lipinski definition) is 2. The highest BCUT2D eigenvalue weighted by molar-refractivity contribution is 8.00. The van der Waals surface area contributed by atoms with Crippen LogP contribution < -0.4 is 5.32 Å². The molecule has 3 atom stereocenters. The summed E-state index contributed by atoms with van der Waals surface area (Å²) in [6.45, 7) is 1.97. The van der Waals surface area contributed by atoms with Crippen molar-refractivity contribution in [1.29, 1.82) is 0 Å². The second-order valence-electron chi connectivity index (χ2n) is 6.20. The molecule has 1 heterocycles. The molecule has 0 bridgehead atoms. The predicted octanol–water partition coefficient (Wildman–Crippen LogP) is 3.30. The van der Waals surface area contributed by atoms with Crippen LogP contribution in [0, 0.1) is 0 Å². The van der Waals surface area contributed by atoms with Crippen molar-refractivity contribution < 1.29 is 9.90 Å². The van der Waals surface area contributed by atoms with E-state index in [1.165, 1.54) is 5.56 Å². The molecule has 0 aliphatic carbocycles. The van der Waals surface area contributed by atoms with Crippen LogP contribution in [0.25, 0.3) is 0 Å². The highest BCUT2D eigenvalue weighted by atomic mass is 32.2. The monoisotopic (exact) mass is 341 g/mol. The van der Waals surface area contributed by atoms with Crippen LogP contribution in [0.2, 0.25) is 0 Å². The number of nitrogens with one attached hydrogen (secondary N) is 1. The Labute approximate surface area is 147 Å². The van der Waals surface area contributed by atoms with E-state index in [4.69, 9.17) is 0 Å². The van der Waals surface area contributed by atoms with Gasteiger partial charge in [0.05, 0.1) is 12.6 Å². The molecule has 1 amide bonds. The average molecular weight is 341 g/mol. The Kier molecular flexibility index (Phi) is 5.59. The number of aliphatic hydroxyl groups is 1. The van der Waals surface area contributed by atoms with Crippen molar-refractivity contribution in [3.05, 3.63) is 71.3 Å². The molecule has 1 aliphatic rings.